The number of aromatic nitrogens is 1. The fourth-order valence-corrected chi connectivity index (χ4v) is 2.63. The molecular formula is C17H21N3O3. The van der Waals surface area contributed by atoms with E-state index in [1.165, 1.54) is 5.56 Å². The first-order chi connectivity index (χ1) is 11.1. The Morgan fingerprint density at radius 2 is 2.22 bits per heavy atom. The first kappa shape index (κ1) is 15.6. The number of likely N-dealkylation sites (tertiary alicyclic amines) is 1. The number of amides is 2. The van der Waals surface area contributed by atoms with Gasteiger partial charge in [-0.3, -0.25) is 0 Å². The van der Waals surface area contributed by atoms with E-state index < -0.39 is 6.10 Å². The van der Waals surface area contributed by atoms with Gasteiger partial charge in [-0.15, -0.1) is 0 Å². The number of aryl methyl sites for hydroxylation is 1. The second kappa shape index (κ2) is 6.83. The van der Waals surface area contributed by atoms with Crippen molar-refractivity contribution >= 4 is 6.03 Å². The number of nitrogens with zero attached hydrogens (tertiary/aromatic N) is 2. The number of oxazole rings is 1. The van der Waals surface area contributed by atoms with Crippen molar-refractivity contribution in [3.63, 3.8) is 0 Å². The molecule has 1 aromatic heterocycles. The summed E-state index contributed by atoms with van der Waals surface area (Å²) in [5.41, 5.74) is 2.76. The Labute approximate surface area is 135 Å². The number of rotatable bonds is 3. The van der Waals surface area contributed by atoms with Gasteiger partial charge in [0, 0.05) is 18.7 Å². The molecule has 1 saturated heterocycles. The number of benzene rings is 1. The molecule has 1 atom stereocenters. The number of piperidine rings is 1. The smallest absolute Gasteiger partial charge is 0.317 e. The lowest BCUT2D eigenvalue weighted by molar-refractivity contribution is 0.0841. The second-order valence-electron chi connectivity index (χ2n) is 5.91. The summed E-state index contributed by atoms with van der Waals surface area (Å²) in [4.78, 5) is 18.1. The van der Waals surface area contributed by atoms with Gasteiger partial charge in [-0.1, -0.05) is 17.7 Å². The van der Waals surface area contributed by atoms with Gasteiger partial charge in [0.1, 0.15) is 6.26 Å². The lowest BCUT2D eigenvalue weighted by Gasteiger charge is -2.29. The molecule has 23 heavy (non-hydrogen) atoms. The van der Waals surface area contributed by atoms with E-state index in [4.69, 9.17) is 4.42 Å². The highest BCUT2D eigenvalue weighted by molar-refractivity contribution is 5.74. The maximum Gasteiger partial charge on any atom is 0.317 e. The predicted molar refractivity (Wildman–Crippen MR) is 85.7 cm³/mol. The first-order valence-corrected chi connectivity index (χ1v) is 7.84. The molecule has 3 rings (SSSR count). The molecule has 0 bridgehead atoms. The van der Waals surface area contributed by atoms with Crippen LogP contribution in [0.2, 0.25) is 0 Å². The van der Waals surface area contributed by atoms with E-state index in [0.29, 0.717) is 31.2 Å². The van der Waals surface area contributed by atoms with Crippen LogP contribution >= 0.6 is 0 Å². The van der Waals surface area contributed by atoms with Crippen molar-refractivity contribution in [2.24, 2.45) is 0 Å². The number of urea groups is 1. The monoisotopic (exact) mass is 315 g/mol. The molecule has 2 heterocycles. The third-order valence-corrected chi connectivity index (χ3v) is 3.95. The third kappa shape index (κ3) is 3.90. The number of carbonyl (C=O) groups excluding carboxylic acids is 1. The van der Waals surface area contributed by atoms with Gasteiger partial charge in [-0.05, 0) is 31.9 Å². The van der Waals surface area contributed by atoms with Gasteiger partial charge in [0.25, 0.3) is 0 Å². The molecule has 2 aromatic rings. The van der Waals surface area contributed by atoms with Crippen molar-refractivity contribution < 1.29 is 14.3 Å². The van der Waals surface area contributed by atoms with Crippen molar-refractivity contribution in [3.05, 3.63) is 41.8 Å². The molecule has 1 aliphatic heterocycles. The maximum absolute atomic E-state index is 12.1. The summed E-state index contributed by atoms with van der Waals surface area (Å²) in [6.07, 6.45) is 2.72. The van der Waals surface area contributed by atoms with Gasteiger partial charge in [-0.25, -0.2) is 9.78 Å². The van der Waals surface area contributed by atoms with Crippen LogP contribution in [0, 0.1) is 6.92 Å². The van der Waals surface area contributed by atoms with Crippen molar-refractivity contribution in [1.29, 1.82) is 0 Å². The molecule has 122 valence electrons. The van der Waals surface area contributed by atoms with E-state index in [1.54, 1.807) is 11.2 Å². The van der Waals surface area contributed by atoms with Crippen molar-refractivity contribution in [1.82, 2.24) is 15.2 Å². The van der Waals surface area contributed by atoms with Crippen LogP contribution in [0.5, 0.6) is 0 Å². The average molecular weight is 315 g/mol. The number of hydrogen-bond acceptors (Lipinski definition) is 4. The largest absolute Gasteiger partial charge is 0.444 e. The lowest BCUT2D eigenvalue weighted by Crippen LogP contribution is -2.46. The van der Waals surface area contributed by atoms with Crippen LogP contribution in [0.25, 0.3) is 11.5 Å². The Hall–Kier alpha value is -2.34. The van der Waals surface area contributed by atoms with E-state index in [0.717, 1.165) is 18.4 Å². The Morgan fingerprint density at radius 1 is 1.43 bits per heavy atom. The van der Waals surface area contributed by atoms with E-state index in [-0.39, 0.29) is 6.03 Å². The molecule has 0 spiro atoms. The van der Waals surface area contributed by atoms with Crippen LogP contribution in [-0.4, -0.2) is 40.2 Å². The van der Waals surface area contributed by atoms with Gasteiger partial charge < -0.3 is 19.7 Å². The normalized spacial score (nSPS) is 18.0. The molecule has 1 unspecified atom stereocenters. The maximum atomic E-state index is 12.1. The number of aliphatic hydroxyl groups is 1. The molecule has 1 aromatic carbocycles. The Kier molecular flexibility index (Phi) is 4.62. The van der Waals surface area contributed by atoms with E-state index in [9.17, 15) is 9.90 Å². The summed E-state index contributed by atoms with van der Waals surface area (Å²) in [5.74, 6) is 0.544. The van der Waals surface area contributed by atoms with Crippen LogP contribution in [0.4, 0.5) is 4.79 Å². The average Bonchev–Trinajstić information content (AvgIpc) is 3.02. The highest BCUT2D eigenvalue weighted by Gasteiger charge is 2.21. The number of carbonyl (C=O) groups is 1. The summed E-state index contributed by atoms with van der Waals surface area (Å²) >= 11 is 0. The van der Waals surface area contributed by atoms with Crippen molar-refractivity contribution in [2.75, 3.05) is 13.1 Å². The van der Waals surface area contributed by atoms with Gasteiger partial charge in [0.15, 0.2) is 0 Å². The molecule has 1 aliphatic rings. The zero-order valence-corrected chi connectivity index (χ0v) is 13.2. The molecule has 1 fully saturated rings. The highest BCUT2D eigenvalue weighted by atomic mass is 16.3. The quantitative estimate of drug-likeness (QED) is 0.911. The molecule has 0 aliphatic carbocycles. The van der Waals surface area contributed by atoms with Crippen LogP contribution in [0.15, 0.2) is 34.9 Å². The van der Waals surface area contributed by atoms with E-state index >= 15 is 0 Å². The topological polar surface area (TPSA) is 78.6 Å². The molecule has 2 amide bonds. The molecule has 0 radical (unpaired) electrons. The van der Waals surface area contributed by atoms with Gasteiger partial charge in [0.05, 0.1) is 18.3 Å². The van der Waals surface area contributed by atoms with Gasteiger partial charge in [-0.2, -0.15) is 0 Å². The van der Waals surface area contributed by atoms with E-state index in [2.05, 4.69) is 10.3 Å². The third-order valence-electron chi connectivity index (χ3n) is 3.95. The van der Waals surface area contributed by atoms with Crippen LogP contribution < -0.4 is 5.32 Å². The minimum absolute atomic E-state index is 0.177. The molecule has 2 N–H and O–H groups in total. The zero-order valence-electron chi connectivity index (χ0n) is 13.2. The number of aliphatic hydroxyl groups excluding tert-OH is 1. The summed E-state index contributed by atoms with van der Waals surface area (Å²) in [7, 11) is 0. The number of β-amino-alcohol motifs (C(OH)–C–C–N with tert-alkyl or cyclic N) is 1. The first-order valence-electron chi connectivity index (χ1n) is 7.84. The van der Waals surface area contributed by atoms with Crippen LogP contribution in [0.1, 0.15) is 24.1 Å². The van der Waals surface area contributed by atoms with E-state index in [1.807, 2.05) is 31.2 Å². The van der Waals surface area contributed by atoms with Crippen LogP contribution in [0.3, 0.4) is 0 Å². The number of hydrogen-bond donors (Lipinski definition) is 2. The fraction of sp³-hybridized carbons (Fsp3) is 0.412. The Balaban J connectivity index is 1.56. The summed E-state index contributed by atoms with van der Waals surface area (Å²) in [5, 5.41) is 12.4. The molecule has 6 nitrogen and oxygen atoms in total. The summed E-state index contributed by atoms with van der Waals surface area (Å²) in [6.45, 7) is 3.40. The predicted octanol–water partition coefficient (Wildman–Crippen LogP) is 2.32. The minimum Gasteiger partial charge on any atom is -0.444 e. The summed E-state index contributed by atoms with van der Waals surface area (Å²) < 4.78 is 5.47. The fourth-order valence-electron chi connectivity index (χ4n) is 2.63. The van der Waals surface area contributed by atoms with Gasteiger partial charge in [0.2, 0.25) is 5.89 Å². The standard InChI is InChI=1S/C17H21N3O3/c1-12-4-6-13(7-5-12)16-19-14(11-23-16)9-18-17(22)20-8-2-3-15(21)10-20/h4-7,11,15,21H,2-3,8-10H2,1H3,(H,18,22). The highest BCUT2D eigenvalue weighted by Crippen LogP contribution is 2.19. The van der Waals surface area contributed by atoms with Gasteiger partial charge >= 0.3 is 6.03 Å². The molecular weight excluding hydrogens is 294 g/mol. The number of nitrogens with one attached hydrogen (secondary N) is 1. The summed E-state index contributed by atoms with van der Waals surface area (Å²) in [6, 6.07) is 7.74. The van der Waals surface area contributed by atoms with Crippen LogP contribution in [-0.2, 0) is 6.54 Å². The minimum atomic E-state index is -0.422. The second-order valence-corrected chi connectivity index (χ2v) is 5.91. The van der Waals surface area contributed by atoms with Crippen molar-refractivity contribution in [2.45, 2.75) is 32.4 Å². The lowest BCUT2D eigenvalue weighted by atomic mass is 10.1. The molecule has 0 saturated carbocycles. The zero-order chi connectivity index (χ0) is 16.2. The molecule has 6 heteroatoms. The SMILES string of the molecule is Cc1ccc(-c2nc(CNC(=O)N3CCCC(O)C3)co2)cc1. The Bertz CT molecular complexity index is 666. The Morgan fingerprint density at radius 3 is 2.96 bits per heavy atom. The van der Waals surface area contributed by atoms with Crippen molar-refractivity contribution in [3.8, 4) is 11.5 Å².